The molecular formula is C16H15BrN2O4. The first-order chi connectivity index (χ1) is 11.2. The number of hydrogen-bond acceptors (Lipinski definition) is 5. The highest BCUT2D eigenvalue weighted by atomic mass is 79.9. The summed E-state index contributed by atoms with van der Waals surface area (Å²) in [6.07, 6.45) is 6.39. The van der Waals surface area contributed by atoms with E-state index in [1.165, 1.54) is 13.3 Å². The molecule has 23 heavy (non-hydrogen) atoms. The standard InChI is InChI=1S/C16H15BrN2O4/c1-21-15-10-12(17)6-7-14(15)23-11-16(20)19-18-8-2-4-13-5-3-9-22-13/h2-10H,11H2,1H3,(H,19,20)/b4-2+,18-8+. The maximum Gasteiger partial charge on any atom is 0.277 e. The van der Waals surface area contributed by atoms with Gasteiger partial charge >= 0.3 is 0 Å². The second-order valence-corrected chi connectivity index (χ2v) is 5.19. The van der Waals surface area contributed by atoms with E-state index in [-0.39, 0.29) is 12.5 Å². The number of nitrogens with zero attached hydrogens (tertiary/aromatic N) is 1. The van der Waals surface area contributed by atoms with Crippen molar-refractivity contribution in [1.29, 1.82) is 0 Å². The molecule has 0 aliphatic carbocycles. The van der Waals surface area contributed by atoms with Gasteiger partial charge in [0.25, 0.3) is 5.91 Å². The lowest BCUT2D eigenvalue weighted by atomic mass is 10.3. The SMILES string of the molecule is COc1cc(Br)ccc1OCC(=O)N/N=C/C=C/c1ccco1. The Bertz CT molecular complexity index is 696. The summed E-state index contributed by atoms with van der Waals surface area (Å²) in [5.74, 6) is 1.34. The van der Waals surface area contributed by atoms with E-state index in [9.17, 15) is 4.79 Å². The Hall–Kier alpha value is -2.54. The molecular weight excluding hydrogens is 364 g/mol. The summed E-state index contributed by atoms with van der Waals surface area (Å²) in [6.45, 7) is -0.169. The lowest BCUT2D eigenvalue weighted by Gasteiger charge is -2.09. The number of allylic oxidation sites excluding steroid dienone is 1. The van der Waals surface area contributed by atoms with Crippen LogP contribution in [0.3, 0.4) is 0 Å². The zero-order valence-electron chi connectivity index (χ0n) is 12.4. The third-order valence-electron chi connectivity index (χ3n) is 2.64. The fraction of sp³-hybridized carbons (Fsp3) is 0.125. The second-order valence-electron chi connectivity index (χ2n) is 4.27. The summed E-state index contributed by atoms with van der Waals surface area (Å²) in [6, 6.07) is 8.86. The van der Waals surface area contributed by atoms with Crippen molar-refractivity contribution >= 4 is 34.1 Å². The van der Waals surface area contributed by atoms with Crippen LogP contribution in [0.2, 0.25) is 0 Å². The van der Waals surface area contributed by atoms with Crippen LogP contribution in [0.4, 0.5) is 0 Å². The number of methoxy groups -OCH3 is 1. The van der Waals surface area contributed by atoms with Crippen LogP contribution in [-0.4, -0.2) is 25.8 Å². The van der Waals surface area contributed by atoms with Crippen molar-refractivity contribution in [3.63, 3.8) is 0 Å². The number of halogens is 1. The monoisotopic (exact) mass is 378 g/mol. The molecule has 0 spiro atoms. The molecule has 1 amide bonds. The van der Waals surface area contributed by atoms with Gasteiger partial charge in [-0.25, -0.2) is 5.43 Å². The number of nitrogens with one attached hydrogen (secondary N) is 1. The van der Waals surface area contributed by atoms with E-state index < -0.39 is 0 Å². The zero-order chi connectivity index (χ0) is 16.5. The van der Waals surface area contributed by atoms with Crippen molar-refractivity contribution in [2.24, 2.45) is 5.10 Å². The van der Waals surface area contributed by atoms with Crippen LogP contribution >= 0.6 is 15.9 Å². The van der Waals surface area contributed by atoms with Gasteiger partial charge in [0.15, 0.2) is 18.1 Å². The minimum Gasteiger partial charge on any atom is -0.493 e. The molecule has 2 rings (SSSR count). The molecule has 0 aliphatic heterocycles. The molecule has 1 aromatic carbocycles. The normalized spacial score (nSPS) is 11.0. The lowest BCUT2D eigenvalue weighted by molar-refractivity contribution is -0.123. The third kappa shape index (κ3) is 5.63. The number of amides is 1. The molecule has 1 heterocycles. The number of rotatable bonds is 7. The molecule has 6 nitrogen and oxygen atoms in total. The molecule has 0 aliphatic rings. The van der Waals surface area contributed by atoms with Gasteiger partial charge in [-0.2, -0.15) is 5.10 Å². The van der Waals surface area contributed by atoms with Crippen molar-refractivity contribution in [3.05, 3.63) is 52.9 Å². The minimum absolute atomic E-state index is 0.169. The number of hydrazone groups is 1. The van der Waals surface area contributed by atoms with Crippen molar-refractivity contribution in [3.8, 4) is 11.5 Å². The Kier molecular flexibility index (Phi) is 6.43. The summed E-state index contributed by atoms with van der Waals surface area (Å²) in [4.78, 5) is 11.6. The van der Waals surface area contributed by atoms with Gasteiger partial charge in [-0.1, -0.05) is 15.9 Å². The van der Waals surface area contributed by atoms with Gasteiger partial charge in [0, 0.05) is 10.7 Å². The molecule has 0 bridgehead atoms. The summed E-state index contributed by atoms with van der Waals surface area (Å²) in [5.41, 5.74) is 2.36. The van der Waals surface area contributed by atoms with E-state index in [2.05, 4.69) is 26.5 Å². The number of ether oxygens (including phenoxy) is 2. The molecule has 7 heteroatoms. The largest absolute Gasteiger partial charge is 0.493 e. The summed E-state index contributed by atoms with van der Waals surface area (Å²) in [5, 5.41) is 3.77. The number of carbonyl (C=O) groups excluding carboxylic acids is 1. The zero-order valence-corrected chi connectivity index (χ0v) is 13.9. The molecule has 0 unspecified atom stereocenters. The average molecular weight is 379 g/mol. The summed E-state index contributed by atoms with van der Waals surface area (Å²) >= 11 is 3.33. The van der Waals surface area contributed by atoms with Gasteiger partial charge in [-0.3, -0.25) is 4.79 Å². The maximum atomic E-state index is 11.6. The quantitative estimate of drug-likeness (QED) is 0.592. The Morgan fingerprint density at radius 1 is 1.39 bits per heavy atom. The third-order valence-corrected chi connectivity index (χ3v) is 3.13. The van der Waals surface area contributed by atoms with Crippen molar-refractivity contribution in [1.82, 2.24) is 5.43 Å². The number of carbonyl (C=O) groups is 1. The van der Waals surface area contributed by atoms with Crippen LogP contribution in [0.5, 0.6) is 11.5 Å². The van der Waals surface area contributed by atoms with Crippen molar-refractivity contribution < 1.29 is 18.7 Å². The van der Waals surface area contributed by atoms with Crippen LogP contribution in [0.25, 0.3) is 6.08 Å². The molecule has 0 saturated carbocycles. The van der Waals surface area contributed by atoms with Gasteiger partial charge in [0.2, 0.25) is 0 Å². The van der Waals surface area contributed by atoms with E-state index >= 15 is 0 Å². The van der Waals surface area contributed by atoms with Crippen LogP contribution in [0.1, 0.15) is 5.76 Å². The van der Waals surface area contributed by atoms with Crippen molar-refractivity contribution in [2.75, 3.05) is 13.7 Å². The molecule has 2 aromatic rings. The summed E-state index contributed by atoms with van der Waals surface area (Å²) in [7, 11) is 1.53. The average Bonchev–Trinajstić information content (AvgIpc) is 3.06. The predicted octanol–water partition coefficient (Wildman–Crippen LogP) is 3.24. The smallest absolute Gasteiger partial charge is 0.277 e. The Morgan fingerprint density at radius 3 is 3.00 bits per heavy atom. The Labute approximate surface area is 141 Å². The second kappa shape index (κ2) is 8.79. The fourth-order valence-corrected chi connectivity index (χ4v) is 1.95. The number of furan rings is 1. The molecule has 0 fully saturated rings. The molecule has 1 N–H and O–H groups in total. The van der Waals surface area contributed by atoms with E-state index in [1.807, 2.05) is 6.07 Å². The van der Waals surface area contributed by atoms with Gasteiger partial charge in [-0.05, 0) is 42.5 Å². The molecule has 0 radical (unpaired) electrons. The van der Waals surface area contributed by atoms with Gasteiger partial charge in [-0.15, -0.1) is 0 Å². The highest BCUT2D eigenvalue weighted by molar-refractivity contribution is 9.10. The Morgan fingerprint density at radius 2 is 2.26 bits per heavy atom. The Balaban J connectivity index is 1.77. The van der Waals surface area contributed by atoms with Crippen LogP contribution < -0.4 is 14.9 Å². The van der Waals surface area contributed by atoms with Gasteiger partial charge in [0.05, 0.1) is 13.4 Å². The maximum absolute atomic E-state index is 11.6. The molecule has 1 aromatic heterocycles. The number of hydrogen-bond donors (Lipinski definition) is 1. The number of benzene rings is 1. The van der Waals surface area contributed by atoms with Crippen LogP contribution in [0.15, 0.2) is 56.7 Å². The fourth-order valence-electron chi connectivity index (χ4n) is 1.61. The van der Waals surface area contributed by atoms with E-state index in [0.717, 1.165) is 4.47 Å². The highest BCUT2D eigenvalue weighted by Crippen LogP contribution is 2.29. The van der Waals surface area contributed by atoms with Gasteiger partial charge < -0.3 is 13.9 Å². The molecule has 0 atom stereocenters. The first kappa shape index (κ1) is 16.8. The van der Waals surface area contributed by atoms with E-state index in [1.54, 1.807) is 42.7 Å². The van der Waals surface area contributed by atoms with Gasteiger partial charge in [0.1, 0.15) is 5.76 Å². The lowest BCUT2D eigenvalue weighted by Crippen LogP contribution is -2.24. The first-order valence-corrected chi connectivity index (χ1v) is 7.47. The highest BCUT2D eigenvalue weighted by Gasteiger charge is 2.07. The predicted molar refractivity (Wildman–Crippen MR) is 90.6 cm³/mol. The topological polar surface area (TPSA) is 73.1 Å². The van der Waals surface area contributed by atoms with Crippen LogP contribution in [-0.2, 0) is 4.79 Å². The molecule has 0 saturated heterocycles. The van der Waals surface area contributed by atoms with Crippen LogP contribution in [0, 0.1) is 0 Å². The van der Waals surface area contributed by atoms with E-state index in [4.69, 9.17) is 13.9 Å². The van der Waals surface area contributed by atoms with Crippen molar-refractivity contribution in [2.45, 2.75) is 0 Å². The summed E-state index contributed by atoms with van der Waals surface area (Å²) < 4.78 is 16.5. The molecule has 120 valence electrons. The minimum atomic E-state index is -0.377. The van der Waals surface area contributed by atoms with E-state index in [0.29, 0.717) is 17.3 Å². The first-order valence-electron chi connectivity index (χ1n) is 6.67.